The van der Waals surface area contributed by atoms with Crippen molar-refractivity contribution in [1.29, 1.82) is 0 Å². The van der Waals surface area contributed by atoms with Crippen LogP contribution < -0.4 is 0 Å². The standard InChI is InChI=1S/C19H28O3Si/c1-18(2,3)23(5,6)22-17-13-12-15-19(17,20)14-10-8-7-9-11-16-21-4/h7-8,13,20H,12,15-16H2,1-6H3/b8-7-. The summed E-state index contributed by atoms with van der Waals surface area (Å²) in [5.41, 5.74) is -1.18. The van der Waals surface area contributed by atoms with Crippen molar-refractivity contribution in [3.63, 3.8) is 0 Å². The molecule has 0 aromatic rings. The van der Waals surface area contributed by atoms with Gasteiger partial charge in [-0.3, -0.25) is 0 Å². The fourth-order valence-electron chi connectivity index (χ4n) is 1.80. The van der Waals surface area contributed by atoms with Crippen LogP contribution in [0, 0.1) is 23.7 Å². The average molecular weight is 333 g/mol. The molecule has 0 aromatic heterocycles. The molecule has 0 aromatic carbocycles. The molecule has 1 rings (SSSR count). The molecule has 3 nitrogen and oxygen atoms in total. The van der Waals surface area contributed by atoms with Crippen molar-refractivity contribution in [3.8, 4) is 23.7 Å². The lowest BCUT2D eigenvalue weighted by Crippen LogP contribution is -2.43. The highest BCUT2D eigenvalue weighted by Gasteiger charge is 2.44. The molecular weight excluding hydrogens is 304 g/mol. The van der Waals surface area contributed by atoms with E-state index in [2.05, 4.69) is 57.5 Å². The van der Waals surface area contributed by atoms with Gasteiger partial charge in [0.1, 0.15) is 12.4 Å². The minimum atomic E-state index is -1.98. The predicted molar refractivity (Wildman–Crippen MR) is 97.1 cm³/mol. The van der Waals surface area contributed by atoms with Gasteiger partial charge in [0.25, 0.3) is 0 Å². The van der Waals surface area contributed by atoms with Gasteiger partial charge < -0.3 is 14.3 Å². The molecule has 126 valence electrons. The van der Waals surface area contributed by atoms with Crippen LogP contribution in [0.4, 0.5) is 0 Å². The van der Waals surface area contributed by atoms with E-state index in [1.54, 1.807) is 19.3 Å². The maximum atomic E-state index is 10.8. The van der Waals surface area contributed by atoms with E-state index in [4.69, 9.17) is 9.16 Å². The van der Waals surface area contributed by atoms with Crippen LogP contribution in [0.15, 0.2) is 24.0 Å². The van der Waals surface area contributed by atoms with E-state index < -0.39 is 13.9 Å². The smallest absolute Gasteiger partial charge is 0.250 e. The number of allylic oxidation sites excluding steroid dienone is 3. The largest absolute Gasteiger partial charge is 0.544 e. The molecule has 0 saturated carbocycles. The molecule has 0 saturated heterocycles. The third-order valence-electron chi connectivity index (χ3n) is 4.26. The summed E-state index contributed by atoms with van der Waals surface area (Å²) >= 11 is 0. The minimum Gasteiger partial charge on any atom is -0.544 e. The summed E-state index contributed by atoms with van der Waals surface area (Å²) in [4.78, 5) is 0. The molecule has 1 aliphatic rings. The van der Waals surface area contributed by atoms with Crippen LogP contribution in [0.25, 0.3) is 0 Å². The molecule has 4 heteroatoms. The number of aliphatic hydroxyl groups is 1. The van der Waals surface area contributed by atoms with Gasteiger partial charge in [-0.2, -0.15) is 0 Å². The Labute approximate surface area is 141 Å². The van der Waals surface area contributed by atoms with E-state index in [1.807, 2.05) is 6.08 Å². The van der Waals surface area contributed by atoms with Crippen molar-refractivity contribution in [2.75, 3.05) is 13.7 Å². The SMILES string of the molecule is COCC#C/C=C\C#CC1(O)CCC=C1O[Si](C)(C)C(C)(C)C. The Morgan fingerprint density at radius 2 is 1.96 bits per heavy atom. The normalized spacial score (nSPS) is 21.3. The lowest BCUT2D eigenvalue weighted by molar-refractivity contribution is 0.0970. The quantitative estimate of drug-likeness (QED) is 0.633. The number of methoxy groups -OCH3 is 1. The summed E-state index contributed by atoms with van der Waals surface area (Å²) in [5, 5.41) is 10.9. The predicted octanol–water partition coefficient (Wildman–Crippen LogP) is 3.63. The van der Waals surface area contributed by atoms with E-state index in [1.165, 1.54) is 0 Å². The second-order valence-corrected chi connectivity index (χ2v) is 11.9. The molecule has 0 amide bonds. The van der Waals surface area contributed by atoms with Gasteiger partial charge in [0.2, 0.25) is 8.32 Å². The van der Waals surface area contributed by atoms with Gasteiger partial charge in [-0.15, -0.1) is 0 Å². The van der Waals surface area contributed by atoms with E-state index in [-0.39, 0.29) is 5.04 Å². The van der Waals surface area contributed by atoms with Gasteiger partial charge in [0.15, 0.2) is 5.60 Å². The van der Waals surface area contributed by atoms with Crippen molar-refractivity contribution in [1.82, 2.24) is 0 Å². The van der Waals surface area contributed by atoms with E-state index >= 15 is 0 Å². The zero-order chi connectivity index (χ0) is 17.6. The van der Waals surface area contributed by atoms with Crippen LogP contribution in [0.3, 0.4) is 0 Å². The van der Waals surface area contributed by atoms with Crippen molar-refractivity contribution in [3.05, 3.63) is 24.0 Å². The van der Waals surface area contributed by atoms with E-state index in [0.29, 0.717) is 18.8 Å². The Kier molecular flexibility index (Phi) is 6.71. The number of ether oxygens (including phenoxy) is 1. The molecule has 0 bridgehead atoms. The Morgan fingerprint density at radius 3 is 2.57 bits per heavy atom. The monoisotopic (exact) mass is 332 g/mol. The fraction of sp³-hybridized carbons (Fsp3) is 0.579. The summed E-state index contributed by atoms with van der Waals surface area (Å²) < 4.78 is 11.1. The first-order chi connectivity index (χ1) is 10.6. The molecule has 23 heavy (non-hydrogen) atoms. The molecule has 0 heterocycles. The molecule has 0 fully saturated rings. The number of rotatable bonds is 3. The van der Waals surface area contributed by atoms with Crippen LogP contribution in [0.5, 0.6) is 0 Å². The van der Waals surface area contributed by atoms with Gasteiger partial charge in [-0.05, 0) is 49.2 Å². The highest BCUT2D eigenvalue weighted by atomic mass is 28.4. The Balaban J connectivity index is 2.80. The zero-order valence-corrected chi connectivity index (χ0v) is 16.1. The zero-order valence-electron chi connectivity index (χ0n) is 15.1. The van der Waals surface area contributed by atoms with Crippen LogP contribution in [-0.4, -0.2) is 32.7 Å². The second kappa shape index (κ2) is 7.88. The maximum Gasteiger partial charge on any atom is 0.250 e. The number of hydrogen-bond acceptors (Lipinski definition) is 3. The summed E-state index contributed by atoms with van der Waals surface area (Å²) in [5.74, 6) is 12.0. The fourth-order valence-corrected chi connectivity index (χ4v) is 2.91. The third kappa shape index (κ3) is 5.59. The van der Waals surface area contributed by atoms with Crippen molar-refractivity contribution < 1.29 is 14.3 Å². The molecule has 1 aliphatic carbocycles. The molecule has 0 spiro atoms. The van der Waals surface area contributed by atoms with Crippen molar-refractivity contribution in [2.24, 2.45) is 0 Å². The summed E-state index contributed by atoms with van der Waals surface area (Å²) in [6.45, 7) is 11.3. The first kappa shape index (κ1) is 19.6. The lowest BCUT2D eigenvalue weighted by atomic mass is 10.0. The van der Waals surface area contributed by atoms with Gasteiger partial charge in [0, 0.05) is 7.11 Å². The highest BCUT2D eigenvalue weighted by Crippen LogP contribution is 2.41. The average Bonchev–Trinajstić information content (AvgIpc) is 2.77. The third-order valence-corrected chi connectivity index (χ3v) is 8.60. The van der Waals surface area contributed by atoms with Gasteiger partial charge in [0.05, 0.1) is 0 Å². The maximum absolute atomic E-state index is 10.8. The van der Waals surface area contributed by atoms with Crippen LogP contribution in [-0.2, 0) is 9.16 Å². The van der Waals surface area contributed by atoms with Gasteiger partial charge >= 0.3 is 0 Å². The lowest BCUT2D eigenvalue weighted by Gasteiger charge is -2.39. The first-order valence-electron chi connectivity index (χ1n) is 7.89. The molecule has 0 aliphatic heterocycles. The van der Waals surface area contributed by atoms with Crippen molar-refractivity contribution >= 4 is 8.32 Å². The summed E-state index contributed by atoms with van der Waals surface area (Å²) in [7, 11) is -0.377. The summed E-state index contributed by atoms with van der Waals surface area (Å²) in [6.07, 6.45) is 6.63. The van der Waals surface area contributed by atoms with E-state index in [9.17, 15) is 5.11 Å². The topological polar surface area (TPSA) is 38.7 Å². The Morgan fingerprint density at radius 1 is 1.30 bits per heavy atom. The molecule has 0 radical (unpaired) electrons. The summed E-state index contributed by atoms with van der Waals surface area (Å²) in [6, 6.07) is 0. The Hall–Kier alpha value is -1.46. The van der Waals surface area contributed by atoms with Crippen LogP contribution in [0.1, 0.15) is 33.6 Å². The second-order valence-electron chi connectivity index (χ2n) is 7.19. The van der Waals surface area contributed by atoms with Crippen LogP contribution in [0.2, 0.25) is 18.1 Å². The van der Waals surface area contributed by atoms with Gasteiger partial charge in [-0.1, -0.05) is 44.5 Å². The van der Waals surface area contributed by atoms with Crippen molar-refractivity contribution in [2.45, 2.75) is 57.3 Å². The molecule has 1 N–H and O–H groups in total. The molecular formula is C19H28O3Si. The Bertz CT molecular complexity index is 588. The molecule has 1 atom stereocenters. The van der Waals surface area contributed by atoms with Gasteiger partial charge in [-0.25, -0.2) is 0 Å². The highest BCUT2D eigenvalue weighted by molar-refractivity contribution is 6.74. The first-order valence-corrected chi connectivity index (χ1v) is 10.8. The minimum absolute atomic E-state index is 0.0849. The molecule has 1 unspecified atom stereocenters. The number of hydrogen-bond donors (Lipinski definition) is 1. The van der Waals surface area contributed by atoms with E-state index in [0.717, 1.165) is 6.42 Å². The van der Waals surface area contributed by atoms with Crippen LogP contribution >= 0.6 is 0 Å².